The highest BCUT2D eigenvalue weighted by atomic mass is 79.9. The molecule has 3 rings (SSSR count). The number of nitrogen functional groups attached to an aromatic ring is 1. The van der Waals surface area contributed by atoms with Crippen LogP contribution in [0.4, 0.5) is 14.7 Å². The summed E-state index contributed by atoms with van der Waals surface area (Å²) in [5.74, 6) is -0.939. The molecule has 1 aromatic heterocycles. The van der Waals surface area contributed by atoms with Crippen LogP contribution in [0.5, 0.6) is 5.75 Å². The highest BCUT2D eigenvalue weighted by Gasteiger charge is 2.18. The van der Waals surface area contributed by atoms with Crippen LogP contribution in [0, 0.1) is 11.6 Å². The first-order chi connectivity index (χ1) is 10.0. The number of halogens is 3. The number of rotatable bonds is 2. The minimum absolute atomic E-state index is 0.00150. The summed E-state index contributed by atoms with van der Waals surface area (Å²) in [5, 5.41) is 0. The van der Waals surface area contributed by atoms with E-state index in [4.69, 9.17) is 10.5 Å². The third-order valence-electron chi connectivity index (χ3n) is 3.09. The van der Waals surface area contributed by atoms with Gasteiger partial charge in [-0.2, -0.15) is 0 Å². The van der Waals surface area contributed by atoms with E-state index in [0.29, 0.717) is 21.3 Å². The average molecular weight is 354 g/mol. The molecule has 108 valence electrons. The summed E-state index contributed by atoms with van der Waals surface area (Å²) in [6, 6.07) is 7.34. The zero-order valence-corrected chi connectivity index (χ0v) is 12.5. The maximum atomic E-state index is 14.2. The van der Waals surface area contributed by atoms with Crippen LogP contribution in [0.3, 0.4) is 0 Å². The average Bonchev–Trinajstić information content (AvgIpc) is 2.73. The normalized spacial score (nSPS) is 11.0. The fourth-order valence-corrected chi connectivity index (χ4v) is 2.59. The van der Waals surface area contributed by atoms with Gasteiger partial charge in [-0.3, -0.25) is 4.57 Å². The molecule has 0 aliphatic carbocycles. The number of methoxy groups -OCH3 is 1. The van der Waals surface area contributed by atoms with Gasteiger partial charge in [-0.15, -0.1) is 0 Å². The second kappa shape index (κ2) is 5.00. The Hall–Kier alpha value is -2.15. The largest absolute Gasteiger partial charge is 0.497 e. The van der Waals surface area contributed by atoms with Gasteiger partial charge in [-0.1, -0.05) is 15.9 Å². The Bertz CT molecular complexity index is 825. The van der Waals surface area contributed by atoms with E-state index in [2.05, 4.69) is 20.9 Å². The molecule has 0 unspecified atom stereocenters. The number of aromatic nitrogens is 2. The van der Waals surface area contributed by atoms with E-state index in [-0.39, 0.29) is 11.6 Å². The summed E-state index contributed by atoms with van der Waals surface area (Å²) in [7, 11) is 1.51. The smallest absolute Gasteiger partial charge is 0.206 e. The fourth-order valence-electron chi connectivity index (χ4n) is 2.18. The van der Waals surface area contributed by atoms with Gasteiger partial charge in [0.1, 0.15) is 11.4 Å². The molecule has 7 heteroatoms. The summed E-state index contributed by atoms with van der Waals surface area (Å²) in [6.07, 6.45) is 0. The predicted octanol–water partition coefficient (Wildman–Crippen LogP) is 3.66. The van der Waals surface area contributed by atoms with Crippen molar-refractivity contribution in [3.05, 3.63) is 46.4 Å². The van der Waals surface area contributed by atoms with Crippen molar-refractivity contribution in [3.63, 3.8) is 0 Å². The first kappa shape index (κ1) is 13.8. The number of hydrogen-bond acceptors (Lipinski definition) is 3. The third-order valence-corrected chi connectivity index (χ3v) is 3.55. The molecule has 0 aliphatic heterocycles. The Morgan fingerprint density at radius 2 is 1.86 bits per heavy atom. The van der Waals surface area contributed by atoms with Gasteiger partial charge in [-0.05, 0) is 24.3 Å². The van der Waals surface area contributed by atoms with Crippen LogP contribution in [0.2, 0.25) is 0 Å². The molecule has 3 aromatic rings. The Balaban J connectivity index is 2.37. The summed E-state index contributed by atoms with van der Waals surface area (Å²) in [6.45, 7) is 0. The van der Waals surface area contributed by atoms with Gasteiger partial charge >= 0.3 is 0 Å². The van der Waals surface area contributed by atoms with E-state index in [1.54, 1.807) is 18.2 Å². The van der Waals surface area contributed by atoms with Crippen molar-refractivity contribution in [1.29, 1.82) is 0 Å². The van der Waals surface area contributed by atoms with Crippen molar-refractivity contribution in [2.75, 3.05) is 12.8 Å². The van der Waals surface area contributed by atoms with Crippen LogP contribution in [0.25, 0.3) is 16.7 Å². The summed E-state index contributed by atoms with van der Waals surface area (Å²) in [4.78, 5) is 4.11. The summed E-state index contributed by atoms with van der Waals surface area (Å²) >= 11 is 3.05. The molecule has 2 aromatic carbocycles. The number of imidazole rings is 1. The monoisotopic (exact) mass is 353 g/mol. The molecule has 2 N–H and O–H groups in total. The van der Waals surface area contributed by atoms with Crippen LogP contribution in [0.15, 0.2) is 34.8 Å². The fraction of sp³-hybridized carbons (Fsp3) is 0.0714. The van der Waals surface area contributed by atoms with Crippen LogP contribution in [0.1, 0.15) is 0 Å². The number of nitrogens with zero attached hydrogens (tertiary/aromatic N) is 2. The topological polar surface area (TPSA) is 53.1 Å². The van der Waals surface area contributed by atoms with Gasteiger partial charge in [0.15, 0.2) is 11.6 Å². The van der Waals surface area contributed by atoms with Crippen molar-refractivity contribution < 1.29 is 13.5 Å². The molecule has 1 heterocycles. The van der Waals surface area contributed by atoms with Gasteiger partial charge in [0.05, 0.1) is 18.1 Å². The molecule has 0 atom stereocenters. The van der Waals surface area contributed by atoms with Crippen LogP contribution in [-0.2, 0) is 0 Å². The number of anilines is 1. The van der Waals surface area contributed by atoms with E-state index in [1.165, 1.54) is 23.8 Å². The molecule has 0 radical (unpaired) electrons. The lowest BCUT2D eigenvalue weighted by Gasteiger charge is -2.10. The SMILES string of the molecule is COc1ccc2nc(N)n(-c3c(F)cc(Br)cc3F)c2c1. The predicted molar refractivity (Wildman–Crippen MR) is 79.7 cm³/mol. The van der Waals surface area contributed by atoms with Crippen molar-refractivity contribution in [1.82, 2.24) is 9.55 Å². The molecule has 0 fully saturated rings. The van der Waals surface area contributed by atoms with Gasteiger partial charge in [0.2, 0.25) is 5.95 Å². The number of nitrogens with two attached hydrogens (primary N) is 1. The maximum Gasteiger partial charge on any atom is 0.206 e. The number of hydrogen-bond donors (Lipinski definition) is 1. The molecule has 0 amide bonds. The van der Waals surface area contributed by atoms with Crippen molar-refractivity contribution >= 4 is 32.9 Å². The Morgan fingerprint density at radius 1 is 1.19 bits per heavy atom. The van der Waals surface area contributed by atoms with Gasteiger partial charge in [-0.25, -0.2) is 13.8 Å². The molecule has 0 bridgehead atoms. The standard InChI is InChI=1S/C14H10BrF2N3O/c1-21-8-2-3-11-12(6-8)20(14(18)19-11)13-9(16)4-7(15)5-10(13)17/h2-6H,1H3,(H2,18,19). The molecule has 21 heavy (non-hydrogen) atoms. The second-order valence-corrected chi connectivity index (χ2v) is 5.29. The zero-order valence-electron chi connectivity index (χ0n) is 10.9. The van der Waals surface area contributed by atoms with E-state index in [9.17, 15) is 8.78 Å². The van der Waals surface area contributed by atoms with E-state index >= 15 is 0 Å². The molecular weight excluding hydrogens is 344 g/mol. The van der Waals surface area contributed by atoms with Gasteiger partial charge in [0, 0.05) is 10.5 Å². The first-order valence-corrected chi connectivity index (χ1v) is 6.77. The van der Waals surface area contributed by atoms with Crippen LogP contribution >= 0.6 is 15.9 Å². The Morgan fingerprint density at radius 3 is 2.48 bits per heavy atom. The number of ether oxygens (including phenoxy) is 1. The lowest BCUT2D eigenvalue weighted by Crippen LogP contribution is -2.06. The Labute approximate surface area is 127 Å². The third kappa shape index (κ3) is 2.23. The second-order valence-electron chi connectivity index (χ2n) is 4.38. The molecule has 4 nitrogen and oxygen atoms in total. The van der Waals surface area contributed by atoms with Gasteiger partial charge in [0.25, 0.3) is 0 Å². The minimum atomic E-state index is -0.740. The molecule has 0 saturated carbocycles. The lowest BCUT2D eigenvalue weighted by atomic mass is 10.2. The first-order valence-electron chi connectivity index (χ1n) is 5.98. The van der Waals surface area contributed by atoms with Crippen molar-refractivity contribution in [2.24, 2.45) is 0 Å². The molecule has 0 saturated heterocycles. The van der Waals surface area contributed by atoms with Crippen LogP contribution < -0.4 is 10.5 Å². The quantitative estimate of drug-likeness (QED) is 0.764. The van der Waals surface area contributed by atoms with Crippen molar-refractivity contribution in [3.8, 4) is 11.4 Å². The highest BCUT2D eigenvalue weighted by molar-refractivity contribution is 9.10. The van der Waals surface area contributed by atoms with Crippen molar-refractivity contribution in [2.45, 2.75) is 0 Å². The zero-order chi connectivity index (χ0) is 15.1. The number of fused-ring (bicyclic) bond motifs is 1. The molecule has 0 spiro atoms. The van der Waals surface area contributed by atoms with E-state index < -0.39 is 11.6 Å². The summed E-state index contributed by atoms with van der Waals surface area (Å²) in [5.41, 5.74) is 6.53. The summed E-state index contributed by atoms with van der Waals surface area (Å²) < 4.78 is 35.0. The Kier molecular flexibility index (Phi) is 3.29. The van der Waals surface area contributed by atoms with Gasteiger partial charge < -0.3 is 10.5 Å². The number of benzene rings is 2. The van der Waals surface area contributed by atoms with E-state index in [1.807, 2.05) is 0 Å². The molecular formula is C14H10BrF2N3O. The highest BCUT2D eigenvalue weighted by Crippen LogP contribution is 2.30. The molecule has 0 aliphatic rings. The van der Waals surface area contributed by atoms with Crippen LogP contribution in [-0.4, -0.2) is 16.7 Å². The minimum Gasteiger partial charge on any atom is -0.497 e. The lowest BCUT2D eigenvalue weighted by molar-refractivity contribution is 0.415. The maximum absolute atomic E-state index is 14.2. The van der Waals surface area contributed by atoms with E-state index in [0.717, 1.165) is 0 Å².